The first-order chi connectivity index (χ1) is 17.3. The van der Waals surface area contributed by atoms with Crippen molar-refractivity contribution in [2.75, 3.05) is 6.61 Å². The van der Waals surface area contributed by atoms with Crippen LogP contribution in [0.2, 0.25) is 5.02 Å². The molecule has 184 valence electrons. The van der Waals surface area contributed by atoms with Gasteiger partial charge in [-0.05, 0) is 81.1 Å². The molecule has 1 atom stereocenters. The Morgan fingerprint density at radius 3 is 2.61 bits per heavy atom. The monoisotopic (exact) mass is 537 g/mol. The average molecular weight is 538 g/mol. The molecule has 4 aromatic rings. The first kappa shape index (κ1) is 24.5. The van der Waals surface area contributed by atoms with Crippen LogP contribution in [0, 0.1) is 13.8 Å². The number of thiazole rings is 1. The average Bonchev–Trinajstić information content (AvgIpc) is 3.54. The van der Waals surface area contributed by atoms with Crippen molar-refractivity contribution in [3.8, 4) is 5.69 Å². The Balaban J connectivity index is 1.67. The highest BCUT2D eigenvalue weighted by Gasteiger charge is 2.33. The fourth-order valence-electron chi connectivity index (χ4n) is 4.57. The van der Waals surface area contributed by atoms with Crippen LogP contribution < -0.4 is 14.9 Å². The Bertz CT molecular complexity index is 1670. The van der Waals surface area contributed by atoms with Crippen molar-refractivity contribution in [2.45, 2.75) is 33.7 Å². The second kappa shape index (κ2) is 9.69. The van der Waals surface area contributed by atoms with Gasteiger partial charge in [0.1, 0.15) is 6.04 Å². The smallest absolute Gasteiger partial charge is 0.338 e. The SMILES string of the molecule is CCOC(=O)C1=C(C)N=c2s/c(=C/c3cc(C)n(-c4ccc(Cl)cc4)c3C)c(=O)n2C1c1cccs1. The third kappa shape index (κ3) is 4.19. The number of aryl methyl sites for hydroxylation is 1. The number of carbonyl (C=O) groups excluding carboxylic acids is 1. The highest BCUT2D eigenvalue weighted by Crippen LogP contribution is 2.33. The zero-order valence-electron chi connectivity index (χ0n) is 20.2. The number of ether oxygens (including phenoxy) is 1. The van der Waals surface area contributed by atoms with Crippen LogP contribution in [0.25, 0.3) is 11.8 Å². The highest BCUT2D eigenvalue weighted by atomic mass is 35.5. The number of nitrogens with zero attached hydrogens (tertiary/aromatic N) is 3. The van der Waals surface area contributed by atoms with Gasteiger partial charge in [-0.25, -0.2) is 9.79 Å². The van der Waals surface area contributed by atoms with Crippen LogP contribution in [0.3, 0.4) is 0 Å². The van der Waals surface area contributed by atoms with E-state index in [0.29, 0.717) is 25.6 Å². The number of hydrogen-bond donors (Lipinski definition) is 0. The molecule has 0 amide bonds. The molecule has 0 bridgehead atoms. The largest absolute Gasteiger partial charge is 0.463 e. The topological polar surface area (TPSA) is 65.6 Å². The molecule has 1 aliphatic rings. The van der Waals surface area contributed by atoms with Gasteiger partial charge in [-0.1, -0.05) is 29.0 Å². The summed E-state index contributed by atoms with van der Waals surface area (Å²) >= 11 is 8.90. The van der Waals surface area contributed by atoms with E-state index in [2.05, 4.69) is 15.6 Å². The molecule has 0 saturated carbocycles. The summed E-state index contributed by atoms with van der Waals surface area (Å²) in [6.45, 7) is 7.88. The molecule has 9 heteroatoms. The summed E-state index contributed by atoms with van der Waals surface area (Å²) < 4.78 is 9.66. The van der Waals surface area contributed by atoms with Crippen LogP contribution in [-0.4, -0.2) is 21.7 Å². The van der Waals surface area contributed by atoms with Gasteiger partial charge in [-0.15, -0.1) is 11.3 Å². The first-order valence-corrected chi connectivity index (χ1v) is 13.6. The number of carbonyl (C=O) groups is 1. The van der Waals surface area contributed by atoms with E-state index >= 15 is 0 Å². The van der Waals surface area contributed by atoms with Crippen molar-refractivity contribution in [1.82, 2.24) is 9.13 Å². The Labute approximate surface area is 221 Å². The van der Waals surface area contributed by atoms with E-state index in [1.807, 2.05) is 61.7 Å². The summed E-state index contributed by atoms with van der Waals surface area (Å²) in [5, 5.41) is 2.62. The molecule has 1 aromatic carbocycles. The zero-order valence-corrected chi connectivity index (χ0v) is 22.6. The van der Waals surface area contributed by atoms with Crippen LogP contribution in [0.4, 0.5) is 0 Å². The Kier molecular flexibility index (Phi) is 6.59. The predicted octanol–water partition coefficient (Wildman–Crippen LogP) is 4.92. The van der Waals surface area contributed by atoms with Gasteiger partial charge in [0.05, 0.1) is 22.4 Å². The van der Waals surface area contributed by atoms with E-state index in [-0.39, 0.29) is 12.2 Å². The molecule has 1 unspecified atom stereocenters. The molecule has 5 rings (SSSR count). The van der Waals surface area contributed by atoms with Crippen LogP contribution >= 0.6 is 34.3 Å². The van der Waals surface area contributed by atoms with Gasteiger partial charge in [0.2, 0.25) is 0 Å². The summed E-state index contributed by atoms with van der Waals surface area (Å²) in [5.74, 6) is -0.446. The van der Waals surface area contributed by atoms with E-state index in [4.69, 9.17) is 16.3 Å². The van der Waals surface area contributed by atoms with Gasteiger partial charge < -0.3 is 9.30 Å². The fourth-order valence-corrected chi connectivity index (χ4v) is 6.56. The summed E-state index contributed by atoms with van der Waals surface area (Å²) in [4.78, 5) is 32.8. The second-order valence-corrected chi connectivity index (χ2v) is 10.9. The van der Waals surface area contributed by atoms with Crippen LogP contribution in [0.15, 0.2) is 68.9 Å². The van der Waals surface area contributed by atoms with Gasteiger partial charge in [-0.2, -0.15) is 0 Å². The van der Waals surface area contributed by atoms with Gasteiger partial charge >= 0.3 is 5.97 Å². The van der Waals surface area contributed by atoms with Crippen molar-refractivity contribution in [2.24, 2.45) is 4.99 Å². The second-order valence-electron chi connectivity index (χ2n) is 8.46. The number of thiophene rings is 1. The third-order valence-corrected chi connectivity index (χ3v) is 8.33. The van der Waals surface area contributed by atoms with Crippen LogP contribution in [0.1, 0.15) is 41.7 Å². The molecular weight excluding hydrogens is 514 g/mol. The molecule has 0 fully saturated rings. The number of allylic oxidation sites excluding steroid dienone is 1. The van der Waals surface area contributed by atoms with Crippen molar-refractivity contribution in [3.63, 3.8) is 0 Å². The van der Waals surface area contributed by atoms with Crippen LogP contribution in [-0.2, 0) is 9.53 Å². The first-order valence-electron chi connectivity index (χ1n) is 11.5. The number of halogens is 1. The maximum absolute atomic E-state index is 13.8. The minimum atomic E-state index is -0.566. The lowest BCUT2D eigenvalue weighted by Gasteiger charge is -2.23. The maximum atomic E-state index is 13.8. The minimum Gasteiger partial charge on any atom is -0.463 e. The molecule has 0 radical (unpaired) electrons. The summed E-state index contributed by atoms with van der Waals surface area (Å²) in [6, 6.07) is 13.0. The van der Waals surface area contributed by atoms with E-state index in [1.165, 1.54) is 22.7 Å². The number of hydrogen-bond acceptors (Lipinski definition) is 6. The van der Waals surface area contributed by atoms with Gasteiger partial charge in [0.25, 0.3) is 5.56 Å². The van der Waals surface area contributed by atoms with E-state index < -0.39 is 12.0 Å². The third-order valence-electron chi connectivity index (χ3n) is 6.17. The predicted molar refractivity (Wildman–Crippen MR) is 145 cm³/mol. The zero-order chi connectivity index (χ0) is 25.6. The van der Waals surface area contributed by atoms with Gasteiger partial charge in [0.15, 0.2) is 4.80 Å². The molecule has 3 aromatic heterocycles. The molecular formula is C27H24ClN3O3S2. The Hall–Kier alpha value is -3.20. The summed E-state index contributed by atoms with van der Waals surface area (Å²) in [6.07, 6.45) is 1.91. The number of fused-ring (bicyclic) bond motifs is 1. The van der Waals surface area contributed by atoms with Crippen molar-refractivity contribution in [3.05, 3.63) is 106 Å². The lowest BCUT2D eigenvalue weighted by Crippen LogP contribution is -2.39. The number of benzene rings is 1. The molecule has 1 aliphatic heterocycles. The summed E-state index contributed by atoms with van der Waals surface area (Å²) in [7, 11) is 0. The number of rotatable bonds is 5. The lowest BCUT2D eigenvalue weighted by atomic mass is 10.0. The summed E-state index contributed by atoms with van der Waals surface area (Å²) in [5.41, 5.74) is 4.80. The van der Waals surface area contributed by atoms with Crippen LogP contribution in [0.5, 0.6) is 0 Å². The lowest BCUT2D eigenvalue weighted by molar-refractivity contribution is -0.139. The normalized spacial score (nSPS) is 15.7. The van der Waals surface area contributed by atoms with Crippen molar-refractivity contribution < 1.29 is 9.53 Å². The molecule has 0 spiro atoms. The van der Waals surface area contributed by atoms with E-state index in [0.717, 1.165) is 27.5 Å². The molecule has 0 saturated heterocycles. The molecule has 0 aliphatic carbocycles. The standard InChI is InChI=1S/C27H24ClN3O3S2/c1-5-34-26(33)23-16(3)29-27-31(24(23)21-7-6-12-35-21)25(32)22(36-27)14-18-13-15(2)30(17(18)4)20-10-8-19(28)9-11-20/h6-14,24H,5H2,1-4H3/b22-14+. The highest BCUT2D eigenvalue weighted by molar-refractivity contribution is 7.10. The Morgan fingerprint density at radius 2 is 1.94 bits per heavy atom. The quantitative estimate of drug-likeness (QED) is 0.339. The molecule has 6 nitrogen and oxygen atoms in total. The number of esters is 1. The van der Waals surface area contributed by atoms with Gasteiger partial charge in [0, 0.05) is 27.0 Å². The van der Waals surface area contributed by atoms with E-state index in [1.54, 1.807) is 18.4 Å². The maximum Gasteiger partial charge on any atom is 0.338 e. The minimum absolute atomic E-state index is 0.178. The van der Waals surface area contributed by atoms with Crippen molar-refractivity contribution in [1.29, 1.82) is 0 Å². The molecule has 0 N–H and O–H groups in total. The number of aromatic nitrogens is 2. The molecule has 36 heavy (non-hydrogen) atoms. The Morgan fingerprint density at radius 1 is 1.19 bits per heavy atom. The van der Waals surface area contributed by atoms with E-state index in [9.17, 15) is 9.59 Å². The fraction of sp³-hybridized carbons (Fsp3) is 0.222. The molecule has 4 heterocycles. The van der Waals surface area contributed by atoms with Gasteiger partial charge in [-0.3, -0.25) is 9.36 Å². The van der Waals surface area contributed by atoms with Crippen molar-refractivity contribution >= 4 is 46.3 Å².